The molecule has 3 heteroatoms. The van der Waals surface area contributed by atoms with Crippen LogP contribution in [0.4, 0.5) is 0 Å². The van der Waals surface area contributed by atoms with Crippen LogP contribution in [0.3, 0.4) is 0 Å². The summed E-state index contributed by atoms with van der Waals surface area (Å²) in [4.78, 5) is 0. The average molecular weight is 136 g/mol. The Balaban J connectivity index is 3.25. The van der Waals surface area contributed by atoms with Crippen molar-refractivity contribution in [2.24, 2.45) is 5.92 Å². The van der Waals surface area contributed by atoms with Crippen molar-refractivity contribution in [3.05, 3.63) is 0 Å². The minimum Gasteiger partial charge on any atom is -0.334 e. The zero-order valence-electron chi connectivity index (χ0n) is 5.60. The molecule has 2 nitrogen and oxygen atoms in total. The molecule has 50 valence electrons. The zero-order valence-corrected chi connectivity index (χ0v) is 6.60. The van der Waals surface area contributed by atoms with E-state index in [0.717, 1.165) is 0 Å². The molecule has 0 saturated heterocycles. The van der Waals surface area contributed by atoms with Crippen LogP contribution in [0.2, 0.25) is 0 Å². The molecule has 0 N–H and O–H groups in total. The Bertz CT molecular complexity index is 80.5. The van der Waals surface area contributed by atoms with Gasteiger partial charge >= 0.3 is 0 Å². The monoisotopic (exact) mass is 136 g/mol. The molecule has 0 aromatic carbocycles. The minimum absolute atomic E-state index is 0.487. The molecular weight excluding hydrogens is 123 g/mol. The van der Waals surface area contributed by atoms with Crippen LogP contribution in [0.5, 0.6) is 0 Å². The number of rotatable bonds is 3. The van der Waals surface area contributed by atoms with Gasteiger partial charge in [-0.2, -0.15) is 0 Å². The van der Waals surface area contributed by atoms with Crippen LogP contribution in [0.1, 0.15) is 13.8 Å². The van der Waals surface area contributed by atoms with Gasteiger partial charge in [0.1, 0.15) is 0 Å². The maximum absolute atomic E-state index is 10.6. The Morgan fingerprint density at radius 3 is 2.25 bits per heavy atom. The Labute approximate surface area is 51.1 Å². The maximum Gasteiger partial charge on any atom is 0.191 e. The summed E-state index contributed by atoms with van der Waals surface area (Å²) in [5.74, 6) is 0.487. The van der Waals surface area contributed by atoms with Gasteiger partial charge in [0.05, 0.1) is 0 Å². The topological polar surface area (TPSA) is 26.3 Å². The lowest BCUT2D eigenvalue weighted by atomic mass is 10.3. The van der Waals surface area contributed by atoms with Crippen molar-refractivity contribution < 1.29 is 9.09 Å². The van der Waals surface area contributed by atoms with Gasteiger partial charge in [0.25, 0.3) is 0 Å². The molecule has 1 unspecified atom stereocenters. The van der Waals surface area contributed by atoms with Gasteiger partial charge in [-0.3, -0.25) is 4.57 Å². The van der Waals surface area contributed by atoms with E-state index in [1.54, 1.807) is 0 Å². The zero-order chi connectivity index (χ0) is 6.57. The van der Waals surface area contributed by atoms with Crippen LogP contribution >= 0.6 is 8.03 Å². The second-order valence-electron chi connectivity index (χ2n) is 2.17. The molecule has 0 heterocycles. The van der Waals surface area contributed by atoms with E-state index in [9.17, 15) is 4.57 Å². The molecule has 0 spiro atoms. The predicted octanol–water partition coefficient (Wildman–Crippen LogP) is 1.76. The van der Waals surface area contributed by atoms with Gasteiger partial charge in [-0.25, -0.2) is 0 Å². The average Bonchev–Trinajstić information content (AvgIpc) is 1.65. The van der Waals surface area contributed by atoms with E-state index in [1.165, 1.54) is 7.11 Å². The van der Waals surface area contributed by atoms with E-state index in [-0.39, 0.29) is 0 Å². The van der Waals surface area contributed by atoms with Gasteiger partial charge < -0.3 is 4.52 Å². The quantitative estimate of drug-likeness (QED) is 0.552. The Hall–Kier alpha value is 0.190. The fourth-order valence-electron chi connectivity index (χ4n) is 0.417. The normalized spacial score (nSPS) is 14.5. The molecule has 8 heavy (non-hydrogen) atoms. The van der Waals surface area contributed by atoms with E-state index in [0.29, 0.717) is 12.1 Å². The first-order chi connectivity index (χ1) is 3.66. The molecule has 0 aromatic heterocycles. The first-order valence-corrected chi connectivity index (χ1v) is 4.26. The minimum atomic E-state index is -1.68. The van der Waals surface area contributed by atoms with Crippen molar-refractivity contribution in [3.63, 3.8) is 0 Å². The molecule has 0 aromatic rings. The van der Waals surface area contributed by atoms with Crippen LogP contribution in [0, 0.1) is 5.92 Å². The van der Waals surface area contributed by atoms with Crippen molar-refractivity contribution in [3.8, 4) is 0 Å². The standard InChI is InChI=1S/C5H13O2P/c1-5(2)4-8(6)7-3/h5,8H,4H2,1-3H3. The molecule has 1 atom stereocenters. The highest BCUT2D eigenvalue weighted by atomic mass is 31.1. The lowest BCUT2D eigenvalue weighted by molar-refractivity contribution is 0.409. The molecule has 0 rings (SSSR count). The smallest absolute Gasteiger partial charge is 0.191 e. The van der Waals surface area contributed by atoms with Crippen molar-refractivity contribution in [2.75, 3.05) is 13.3 Å². The highest BCUT2D eigenvalue weighted by molar-refractivity contribution is 7.39. The molecule has 0 amide bonds. The third kappa shape index (κ3) is 4.35. The highest BCUT2D eigenvalue weighted by Crippen LogP contribution is 2.22. The van der Waals surface area contributed by atoms with E-state index in [4.69, 9.17) is 0 Å². The summed E-state index contributed by atoms with van der Waals surface area (Å²) < 4.78 is 15.2. The van der Waals surface area contributed by atoms with Crippen molar-refractivity contribution in [1.82, 2.24) is 0 Å². The molecule has 0 fully saturated rings. The van der Waals surface area contributed by atoms with Crippen LogP contribution in [0.25, 0.3) is 0 Å². The summed E-state index contributed by atoms with van der Waals surface area (Å²) in [7, 11) is -0.189. The number of hydrogen-bond donors (Lipinski definition) is 0. The Kier molecular flexibility index (Phi) is 4.20. The predicted molar refractivity (Wildman–Crippen MR) is 35.7 cm³/mol. The Morgan fingerprint density at radius 2 is 2.12 bits per heavy atom. The highest BCUT2D eigenvalue weighted by Gasteiger charge is 1.98. The molecule has 0 bridgehead atoms. The summed E-state index contributed by atoms with van der Waals surface area (Å²) >= 11 is 0. The van der Waals surface area contributed by atoms with Crippen molar-refractivity contribution >= 4 is 8.03 Å². The van der Waals surface area contributed by atoms with Gasteiger partial charge in [-0.1, -0.05) is 13.8 Å². The van der Waals surface area contributed by atoms with Gasteiger partial charge in [-0.15, -0.1) is 0 Å². The summed E-state index contributed by atoms with van der Waals surface area (Å²) in [6, 6.07) is 0. The van der Waals surface area contributed by atoms with Crippen LogP contribution in [-0.2, 0) is 9.09 Å². The lowest BCUT2D eigenvalue weighted by Crippen LogP contribution is -1.89. The summed E-state index contributed by atoms with van der Waals surface area (Å²) in [6.45, 7) is 4.06. The van der Waals surface area contributed by atoms with Gasteiger partial charge in [-0.05, 0) is 5.92 Å². The SMILES string of the molecule is CO[PH](=O)CC(C)C. The maximum atomic E-state index is 10.6. The molecule has 0 saturated carbocycles. The van der Waals surface area contributed by atoms with E-state index in [1.807, 2.05) is 13.8 Å². The molecule has 0 aliphatic rings. The summed E-state index contributed by atoms with van der Waals surface area (Å²) in [6.07, 6.45) is 0.709. The van der Waals surface area contributed by atoms with E-state index in [2.05, 4.69) is 4.52 Å². The van der Waals surface area contributed by atoms with Crippen LogP contribution < -0.4 is 0 Å². The fourth-order valence-corrected chi connectivity index (χ4v) is 1.25. The summed E-state index contributed by atoms with van der Waals surface area (Å²) in [5.41, 5.74) is 0. The third-order valence-electron chi connectivity index (χ3n) is 0.803. The first-order valence-electron chi connectivity index (χ1n) is 2.73. The second kappa shape index (κ2) is 4.11. The van der Waals surface area contributed by atoms with Gasteiger partial charge in [0, 0.05) is 13.3 Å². The number of hydrogen-bond acceptors (Lipinski definition) is 2. The van der Waals surface area contributed by atoms with E-state index >= 15 is 0 Å². The molecule has 0 aliphatic heterocycles. The fraction of sp³-hybridized carbons (Fsp3) is 1.00. The van der Waals surface area contributed by atoms with E-state index < -0.39 is 8.03 Å². The largest absolute Gasteiger partial charge is 0.334 e. The molecular formula is C5H13O2P. The van der Waals surface area contributed by atoms with Crippen LogP contribution in [-0.4, -0.2) is 13.3 Å². The first kappa shape index (κ1) is 8.19. The summed E-state index contributed by atoms with van der Waals surface area (Å²) in [5, 5.41) is 0. The van der Waals surface area contributed by atoms with Gasteiger partial charge in [0.2, 0.25) is 0 Å². The molecule has 0 radical (unpaired) electrons. The molecule has 0 aliphatic carbocycles. The third-order valence-corrected chi connectivity index (χ3v) is 2.41. The van der Waals surface area contributed by atoms with Crippen molar-refractivity contribution in [2.45, 2.75) is 13.8 Å². The van der Waals surface area contributed by atoms with Gasteiger partial charge in [0.15, 0.2) is 8.03 Å². The second-order valence-corrected chi connectivity index (χ2v) is 3.73. The van der Waals surface area contributed by atoms with Crippen molar-refractivity contribution in [1.29, 1.82) is 0 Å². The lowest BCUT2D eigenvalue weighted by Gasteiger charge is -2.00. The Morgan fingerprint density at radius 1 is 1.62 bits per heavy atom. The van der Waals surface area contributed by atoms with Crippen LogP contribution in [0.15, 0.2) is 0 Å².